The molecule has 0 radical (unpaired) electrons. The predicted molar refractivity (Wildman–Crippen MR) is 89.0 cm³/mol. The molecule has 0 aromatic carbocycles. The van der Waals surface area contributed by atoms with E-state index in [0.29, 0.717) is 0 Å². The largest absolute Gasteiger partial charge is 0.382 e. The first-order valence-corrected chi connectivity index (χ1v) is 7.76. The Morgan fingerprint density at radius 3 is 2.81 bits per heavy atom. The molecular weight excluding hydrogens is 288 g/mol. The zero-order valence-electron chi connectivity index (χ0n) is 13.5. The zero-order valence-corrected chi connectivity index (χ0v) is 14.3. The lowest BCUT2D eigenvalue weighted by atomic mass is 10.3. The van der Waals surface area contributed by atoms with Crippen LogP contribution in [0.15, 0.2) is 17.3 Å². The second-order valence-corrected chi connectivity index (χ2v) is 5.43. The number of aromatic nitrogens is 1. The van der Waals surface area contributed by atoms with E-state index in [4.69, 9.17) is 16.3 Å². The number of hydrogen-bond donors (Lipinski definition) is 1. The summed E-state index contributed by atoms with van der Waals surface area (Å²) in [5.74, 6) is 0.892. The highest BCUT2D eigenvalue weighted by atomic mass is 35.5. The molecule has 1 heterocycles. The molecule has 1 aromatic heterocycles. The van der Waals surface area contributed by atoms with Crippen molar-refractivity contribution in [3.05, 3.63) is 23.0 Å². The highest BCUT2D eigenvalue weighted by Crippen LogP contribution is 2.14. The van der Waals surface area contributed by atoms with Gasteiger partial charge in [-0.1, -0.05) is 11.6 Å². The van der Waals surface area contributed by atoms with Crippen molar-refractivity contribution in [3.8, 4) is 0 Å². The van der Waals surface area contributed by atoms with Crippen LogP contribution < -0.4 is 5.32 Å². The standard InChI is InChI=1S/C15H27ClN4O/c1-5-21-9-7-6-8-18-15(17-2)20(4)12-14-10-13(16)11-19(14)3/h10-11H,5-9,12H2,1-4H3,(H,17,18). The molecule has 0 aliphatic carbocycles. The third-order valence-corrected chi connectivity index (χ3v) is 3.46. The lowest BCUT2D eigenvalue weighted by molar-refractivity contribution is 0.143. The molecular formula is C15H27ClN4O. The minimum atomic E-state index is 0.764. The molecule has 1 N–H and O–H groups in total. The molecule has 5 nitrogen and oxygen atoms in total. The summed E-state index contributed by atoms with van der Waals surface area (Å²) >= 11 is 6.01. The van der Waals surface area contributed by atoms with Gasteiger partial charge in [-0.2, -0.15) is 0 Å². The van der Waals surface area contributed by atoms with Gasteiger partial charge in [0.15, 0.2) is 5.96 Å². The van der Waals surface area contributed by atoms with E-state index < -0.39 is 0 Å². The first-order valence-electron chi connectivity index (χ1n) is 7.38. The maximum absolute atomic E-state index is 6.01. The van der Waals surface area contributed by atoms with Crippen molar-refractivity contribution >= 4 is 17.6 Å². The van der Waals surface area contributed by atoms with Gasteiger partial charge in [0, 0.05) is 52.8 Å². The fourth-order valence-corrected chi connectivity index (χ4v) is 2.37. The van der Waals surface area contributed by atoms with E-state index in [2.05, 4.69) is 15.2 Å². The molecule has 0 fully saturated rings. The van der Waals surface area contributed by atoms with Gasteiger partial charge in [-0.05, 0) is 25.8 Å². The van der Waals surface area contributed by atoms with Crippen LogP contribution in [0.2, 0.25) is 5.02 Å². The molecule has 0 atom stereocenters. The molecule has 120 valence electrons. The highest BCUT2D eigenvalue weighted by Gasteiger charge is 2.09. The first-order chi connectivity index (χ1) is 10.1. The van der Waals surface area contributed by atoms with Crippen molar-refractivity contribution in [2.45, 2.75) is 26.3 Å². The Morgan fingerprint density at radius 1 is 1.48 bits per heavy atom. The molecule has 21 heavy (non-hydrogen) atoms. The van der Waals surface area contributed by atoms with E-state index in [1.807, 2.05) is 37.8 Å². The average molecular weight is 315 g/mol. The maximum Gasteiger partial charge on any atom is 0.193 e. The molecule has 1 rings (SSSR count). The van der Waals surface area contributed by atoms with E-state index in [0.717, 1.165) is 55.8 Å². The van der Waals surface area contributed by atoms with Gasteiger partial charge >= 0.3 is 0 Å². The molecule has 0 spiro atoms. The number of halogens is 1. The smallest absolute Gasteiger partial charge is 0.193 e. The lowest BCUT2D eigenvalue weighted by Crippen LogP contribution is -2.39. The van der Waals surface area contributed by atoms with Crippen LogP contribution in [0.3, 0.4) is 0 Å². The minimum Gasteiger partial charge on any atom is -0.382 e. The third kappa shape index (κ3) is 6.40. The van der Waals surface area contributed by atoms with E-state index in [1.165, 1.54) is 0 Å². The molecule has 0 unspecified atom stereocenters. The molecule has 0 amide bonds. The number of ether oxygens (including phenoxy) is 1. The van der Waals surface area contributed by atoms with Crippen LogP contribution in [0.4, 0.5) is 0 Å². The molecule has 0 aliphatic heterocycles. The second-order valence-electron chi connectivity index (χ2n) is 4.99. The summed E-state index contributed by atoms with van der Waals surface area (Å²) in [6, 6.07) is 1.98. The predicted octanol–water partition coefficient (Wildman–Crippen LogP) is 2.50. The Morgan fingerprint density at radius 2 is 2.24 bits per heavy atom. The van der Waals surface area contributed by atoms with Crippen molar-refractivity contribution in [2.24, 2.45) is 12.0 Å². The molecule has 0 saturated heterocycles. The topological polar surface area (TPSA) is 41.8 Å². The lowest BCUT2D eigenvalue weighted by Gasteiger charge is -2.22. The molecule has 1 aromatic rings. The van der Waals surface area contributed by atoms with Gasteiger partial charge in [-0.25, -0.2) is 0 Å². The summed E-state index contributed by atoms with van der Waals surface area (Å²) < 4.78 is 7.36. The summed E-state index contributed by atoms with van der Waals surface area (Å²) in [7, 11) is 5.83. The summed E-state index contributed by atoms with van der Waals surface area (Å²) in [6.07, 6.45) is 4.05. The van der Waals surface area contributed by atoms with E-state index in [1.54, 1.807) is 7.05 Å². The molecule has 0 aliphatic rings. The van der Waals surface area contributed by atoms with Crippen LogP contribution in [0, 0.1) is 0 Å². The van der Waals surface area contributed by atoms with Gasteiger partial charge in [0.1, 0.15) is 0 Å². The number of nitrogens with zero attached hydrogens (tertiary/aromatic N) is 3. The number of aryl methyl sites for hydroxylation is 1. The van der Waals surface area contributed by atoms with Crippen LogP contribution in [-0.4, -0.2) is 49.3 Å². The summed E-state index contributed by atoms with van der Waals surface area (Å²) in [5, 5.41) is 4.13. The monoisotopic (exact) mass is 314 g/mol. The van der Waals surface area contributed by atoms with Crippen LogP contribution >= 0.6 is 11.6 Å². The molecule has 6 heteroatoms. The SMILES string of the molecule is CCOCCCCNC(=NC)N(C)Cc1cc(Cl)cn1C. The Labute approximate surface area is 132 Å². The number of nitrogens with one attached hydrogen (secondary N) is 1. The summed E-state index contributed by atoms with van der Waals surface area (Å²) in [4.78, 5) is 6.40. The quantitative estimate of drug-likeness (QED) is 0.455. The fourth-order valence-electron chi connectivity index (χ4n) is 2.10. The zero-order chi connectivity index (χ0) is 15.7. The van der Waals surface area contributed by atoms with Crippen LogP contribution in [0.25, 0.3) is 0 Å². The number of rotatable bonds is 8. The van der Waals surface area contributed by atoms with E-state index in [9.17, 15) is 0 Å². The number of aliphatic imine (C=N–C) groups is 1. The van der Waals surface area contributed by atoms with Crippen molar-refractivity contribution in [1.29, 1.82) is 0 Å². The van der Waals surface area contributed by atoms with Crippen molar-refractivity contribution < 1.29 is 4.74 Å². The second kappa shape index (κ2) is 9.68. The Bertz CT molecular complexity index is 445. The summed E-state index contributed by atoms with van der Waals surface area (Å²) in [6.45, 7) is 5.30. The van der Waals surface area contributed by atoms with Crippen molar-refractivity contribution in [2.75, 3.05) is 33.9 Å². The Balaban J connectivity index is 2.36. The average Bonchev–Trinajstić information content (AvgIpc) is 2.76. The van der Waals surface area contributed by atoms with Crippen LogP contribution in [0.1, 0.15) is 25.5 Å². The van der Waals surface area contributed by atoms with Crippen molar-refractivity contribution in [3.63, 3.8) is 0 Å². The van der Waals surface area contributed by atoms with Gasteiger partial charge in [0.05, 0.1) is 11.6 Å². The van der Waals surface area contributed by atoms with Gasteiger partial charge in [0.25, 0.3) is 0 Å². The normalized spacial score (nSPS) is 11.8. The number of unbranched alkanes of at least 4 members (excludes halogenated alkanes) is 1. The first kappa shape index (κ1) is 17.9. The Hall–Kier alpha value is -1.20. The van der Waals surface area contributed by atoms with Crippen LogP contribution in [-0.2, 0) is 18.3 Å². The maximum atomic E-state index is 6.01. The van der Waals surface area contributed by atoms with Gasteiger partial charge < -0.3 is 19.5 Å². The summed E-state index contributed by atoms with van der Waals surface area (Å²) in [5.41, 5.74) is 1.15. The van der Waals surface area contributed by atoms with E-state index >= 15 is 0 Å². The van der Waals surface area contributed by atoms with Gasteiger partial charge in [0.2, 0.25) is 0 Å². The van der Waals surface area contributed by atoms with Gasteiger partial charge in [-0.3, -0.25) is 4.99 Å². The molecule has 0 saturated carbocycles. The van der Waals surface area contributed by atoms with Gasteiger partial charge in [-0.15, -0.1) is 0 Å². The number of guanidine groups is 1. The highest BCUT2D eigenvalue weighted by molar-refractivity contribution is 6.30. The van der Waals surface area contributed by atoms with Crippen molar-refractivity contribution in [1.82, 2.24) is 14.8 Å². The van der Waals surface area contributed by atoms with Crippen LogP contribution in [0.5, 0.6) is 0 Å². The minimum absolute atomic E-state index is 0.764. The fraction of sp³-hybridized carbons (Fsp3) is 0.667. The third-order valence-electron chi connectivity index (χ3n) is 3.25. The molecule has 0 bridgehead atoms. The van der Waals surface area contributed by atoms with E-state index in [-0.39, 0.29) is 0 Å². The number of hydrogen-bond acceptors (Lipinski definition) is 2. The Kier molecular flexibility index (Phi) is 8.23.